The van der Waals surface area contributed by atoms with Crippen molar-refractivity contribution in [1.29, 1.82) is 0 Å². The molecule has 0 saturated carbocycles. The van der Waals surface area contributed by atoms with Crippen LogP contribution in [-0.2, 0) is 24.7 Å². The number of benzene rings is 1. The molecular weight excluding hydrogens is 258 g/mol. The summed E-state index contributed by atoms with van der Waals surface area (Å²) in [7, 11) is 1.88. The van der Waals surface area contributed by atoms with Crippen LogP contribution in [0.15, 0.2) is 41.4 Å². The second-order valence-electron chi connectivity index (χ2n) is 4.42. The van der Waals surface area contributed by atoms with E-state index in [0.29, 0.717) is 13.0 Å². The van der Waals surface area contributed by atoms with Gasteiger partial charge in [-0.25, -0.2) is 0 Å². The Kier molecular flexibility index (Phi) is 4.63. The molecule has 1 amide bonds. The Morgan fingerprint density at radius 3 is 2.68 bits per heavy atom. The number of amides is 1. The molecule has 0 spiro atoms. The van der Waals surface area contributed by atoms with Crippen molar-refractivity contribution >= 4 is 18.5 Å². The maximum atomic E-state index is 11.7. The van der Waals surface area contributed by atoms with Crippen molar-refractivity contribution in [2.45, 2.75) is 17.7 Å². The van der Waals surface area contributed by atoms with Crippen LogP contribution in [0.5, 0.6) is 0 Å². The number of carbonyl (C=O) groups excluding carboxylic acids is 1. The van der Waals surface area contributed by atoms with Gasteiger partial charge < -0.3 is 5.32 Å². The van der Waals surface area contributed by atoms with E-state index in [1.54, 1.807) is 4.68 Å². The molecule has 19 heavy (non-hydrogen) atoms. The molecule has 4 nitrogen and oxygen atoms in total. The van der Waals surface area contributed by atoms with Crippen molar-refractivity contribution in [3.8, 4) is 0 Å². The molecule has 1 aromatic carbocycles. The van der Waals surface area contributed by atoms with Crippen LogP contribution in [0.4, 0.5) is 0 Å². The first-order valence-corrected chi connectivity index (χ1v) is 6.61. The summed E-state index contributed by atoms with van der Waals surface area (Å²) in [6, 6.07) is 9.57. The third kappa shape index (κ3) is 4.44. The minimum atomic E-state index is 0.0304. The second kappa shape index (κ2) is 6.43. The lowest BCUT2D eigenvalue weighted by atomic mass is 10.1. The van der Waals surface area contributed by atoms with Crippen molar-refractivity contribution in [3.63, 3.8) is 0 Å². The van der Waals surface area contributed by atoms with Crippen LogP contribution in [0, 0.1) is 0 Å². The Balaban J connectivity index is 1.74. The number of rotatable bonds is 5. The predicted octanol–water partition coefficient (Wildman–Crippen LogP) is 1.61. The van der Waals surface area contributed by atoms with Gasteiger partial charge in [-0.05, 0) is 23.8 Å². The summed E-state index contributed by atoms with van der Waals surface area (Å²) in [5.41, 5.74) is 1.98. The molecule has 0 radical (unpaired) electrons. The Morgan fingerprint density at radius 2 is 2.05 bits per heavy atom. The largest absolute Gasteiger partial charge is 0.355 e. The summed E-state index contributed by atoms with van der Waals surface area (Å²) >= 11 is 4.21. The van der Waals surface area contributed by atoms with E-state index in [0.717, 1.165) is 22.6 Å². The minimum Gasteiger partial charge on any atom is -0.355 e. The SMILES string of the molecule is Cn1ccc(CCNC(=O)Cc2ccc(S)cc2)n1. The molecule has 0 aliphatic carbocycles. The number of nitrogens with zero attached hydrogens (tertiary/aromatic N) is 2. The van der Waals surface area contributed by atoms with Crippen LogP contribution in [0.2, 0.25) is 0 Å². The Labute approximate surface area is 118 Å². The van der Waals surface area contributed by atoms with Gasteiger partial charge in [-0.3, -0.25) is 9.48 Å². The van der Waals surface area contributed by atoms with Crippen LogP contribution in [-0.4, -0.2) is 22.2 Å². The predicted molar refractivity (Wildman–Crippen MR) is 77.3 cm³/mol. The highest BCUT2D eigenvalue weighted by atomic mass is 32.1. The molecule has 5 heteroatoms. The third-order valence-electron chi connectivity index (χ3n) is 2.77. The first kappa shape index (κ1) is 13.7. The number of carbonyl (C=O) groups is 1. The van der Waals surface area contributed by atoms with E-state index in [1.807, 2.05) is 43.6 Å². The van der Waals surface area contributed by atoms with Crippen LogP contribution in [0.3, 0.4) is 0 Å². The quantitative estimate of drug-likeness (QED) is 0.814. The Bertz CT molecular complexity index is 548. The molecule has 1 aromatic heterocycles. The monoisotopic (exact) mass is 275 g/mol. The summed E-state index contributed by atoms with van der Waals surface area (Å²) in [6.07, 6.45) is 3.05. The zero-order valence-corrected chi connectivity index (χ0v) is 11.7. The lowest BCUT2D eigenvalue weighted by molar-refractivity contribution is -0.120. The molecule has 0 saturated heterocycles. The molecule has 0 unspecified atom stereocenters. The van der Waals surface area contributed by atoms with Gasteiger partial charge in [0.15, 0.2) is 0 Å². The van der Waals surface area contributed by atoms with Gasteiger partial charge in [0, 0.05) is 31.1 Å². The molecule has 0 fully saturated rings. The van der Waals surface area contributed by atoms with Crippen LogP contribution >= 0.6 is 12.6 Å². The fraction of sp³-hybridized carbons (Fsp3) is 0.286. The van der Waals surface area contributed by atoms with E-state index >= 15 is 0 Å². The molecule has 0 aliphatic rings. The average Bonchev–Trinajstić information content (AvgIpc) is 2.78. The van der Waals surface area contributed by atoms with Gasteiger partial charge in [0.2, 0.25) is 5.91 Å². The van der Waals surface area contributed by atoms with E-state index in [9.17, 15) is 4.79 Å². The zero-order chi connectivity index (χ0) is 13.7. The molecule has 0 aliphatic heterocycles. The number of hydrogen-bond acceptors (Lipinski definition) is 3. The van der Waals surface area contributed by atoms with Crippen molar-refractivity contribution in [2.24, 2.45) is 7.05 Å². The Hall–Kier alpha value is -1.75. The first-order chi connectivity index (χ1) is 9.13. The smallest absolute Gasteiger partial charge is 0.224 e. The van der Waals surface area contributed by atoms with E-state index in [2.05, 4.69) is 23.0 Å². The number of nitrogens with one attached hydrogen (secondary N) is 1. The highest BCUT2D eigenvalue weighted by molar-refractivity contribution is 7.80. The summed E-state index contributed by atoms with van der Waals surface area (Å²) in [4.78, 5) is 12.6. The number of thiol groups is 1. The molecule has 2 aromatic rings. The zero-order valence-electron chi connectivity index (χ0n) is 10.8. The van der Waals surface area contributed by atoms with E-state index in [4.69, 9.17) is 0 Å². The standard InChI is InChI=1S/C14H17N3OS/c1-17-9-7-12(16-17)6-8-15-14(18)10-11-2-4-13(19)5-3-11/h2-5,7,9,19H,6,8,10H2,1H3,(H,15,18). The molecule has 100 valence electrons. The summed E-state index contributed by atoms with van der Waals surface area (Å²) < 4.78 is 1.76. The summed E-state index contributed by atoms with van der Waals surface area (Å²) in [5.74, 6) is 0.0304. The van der Waals surface area contributed by atoms with Gasteiger partial charge in [-0.1, -0.05) is 12.1 Å². The first-order valence-electron chi connectivity index (χ1n) is 6.16. The fourth-order valence-corrected chi connectivity index (χ4v) is 1.94. The van der Waals surface area contributed by atoms with Gasteiger partial charge in [0.1, 0.15) is 0 Å². The molecular formula is C14H17N3OS. The van der Waals surface area contributed by atoms with Gasteiger partial charge in [-0.2, -0.15) is 5.10 Å². The fourth-order valence-electron chi connectivity index (χ4n) is 1.79. The highest BCUT2D eigenvalue weighted by Crippen LogP contribution is 2.08. The number of hydrogen-bond donors (Lipinski definition) is 2. The topological polar surface area (TPSA) is 46.9 Å². The lowest BCUT2D eigenvalue weighted by Gasteiger charge is -2.04. The van der Waals surface area contributed by atoms with Gasteiger partial charge in [0.05, 0.1) is 12.1 Å². The van der Waals surface area contributed by atoms with Crippen LogP contribution in [0.1, 0.15) is 11.3 Å². The van der Waals surface area contributed by atoms with E-state index < -0.39 is 0 Å². The van der Waals surface area contributed by atoms with Gasteiger partial charge >= 0.3 is 0 Å². The van der Waals surface area contributed by atoms with Crippen molar-refractivity contribution in [2.75, 3.05) is 6.54 Å². The summed E-state index contributed by atoms with van der Waals surface area (Å²) in [6.45, 7) is 0.612. The number of aryl methyl sites for hydroxylation is 1. The van der Waals surface area contributed by atoms with E-state index in [1.165, 1.54) is 0 Å². The van der Waals surface area contributed by atoms with Crippen molar-refractivity contribution in [1.82, 2.24) is 15.1 Å². The van der Waals surface area contributed by atoms with Crippen LogP contribution < -0.4 is 5.32 Å². The average molecular weight is 275 g/mol. The van der Waals surface area contributed by atoms with Gasteiger partial charge in [0.25, 0.3) is 0 Å². The van der Waals surface area contributed by atoms with Crippen LogP contribution in [0.25, 0.3) is 0 Å². The van der Waals surface area contributed by atoms with Crippen molar-refractivity contribution < 1.29 is 4.79 Å². The van der Waals surface area contributed by atoms with E-state index in [-0.39, 0.29) is 5.91 Å². The molecule has 1 N–H and O–H groups in total. The van der Waals surface area contributed by atoms with Gasteiger partial charge in [-0.15, -0.1) is 12.6 Å². The Morgan fingerprint density at radius 1 is 1.32 bits per heavy atom. The normalized spacial score (nSPS) is 10.4. The molecule has 0 bridgehead atoms. The van der Waals surface area contributed by atoms with Crippen molar-refractivity contribution in [3.05, 3.63) is 47.8 Å². The summed E-state index contributed by atoms with van der Waals surface area (Å²) in [5, 5.41) is 7.15. The lowest BCUT2D eigenvalue weighted by Crippen LogP contribution is -2.27. The third-order valence-corrected chi connectivity index (χ3v) is 3.07. The maximum absolute atomic E-state index is 11.7. The maximum Gasteiger partial charge on any atom is 0.224 e. The second-order valence-corrected chi connectivity index (χ2v) is 4.94. The molecule has 0 atom stereocenters. The molecule has 2 rings (SSSR count). The minimum absolute atomic E-state index is 0.0304. The molecule has 1 heterocycles. The number of aromatic nitrogens is 2. The highest BCUT2D eigenvalue weighted by Gasteiger charge is 2.03.